The van der Waals surface area contributed by atoms with E-state index in [1.807, 2.05) is 49.4 Å². The summed E-state index contributed by atoms with van der Waals surface area (Å²) in [6.07, 6.45) is 15.0. The molecule has 0 aliphatic heterocycles. The van der Waals surface area contributed by atoms with Gasteiger partial charge in [0.05, 0.1) is 6.61 Å². The van der Waals surface area contributed by atoms with Crippen molar-refractivity contribution >= 4 is 6.08 Å². The van der Waals surface area contributed by atoms with Crippen molar-refractivity contribution in [3.8, 4) is 17.6 Å². The number of allylic oxidation sites excluding steroid dienone is 3. The van der Waals surface area contributed by atoms with E-state index in [9.17, 15) is 0 Å². The van der Waals surface area contributed by atoms with E-state index in [-0.39, 0.29) is 0 Å². The van der Waals surface area contributed by atoms with E-state index in [0.29, 0.717) is 6.61 Å². The minimum Gasteiger partial charge on any atom is -0.494 e. The van der Waals surface area contributed by atoms with Gasteiger partial charge in [0.25, 0.3) is 0 Å². The normalized spacial score (nSPS) is 21.3. The Labute approximate surface area is 141 Å². The summed E-state index contributed by atoms with van der Waals surface area (Å²) in [5.74, 6) is 8.81. The van der Waals surface area contributed by atoms with Crippen LogP contribution in [0, 0.1) is 23.7 Å². The van der Waals surface area contributed by atoms with Gasteiger partial charge in [-0.3, -0.25) is 0 Å². The number of hydrogen-bond donors (Lipinski definition) is 0. The smallest absolute Gasteiger partial charge is 0.119 e. The second-order valence-corrected chi connectivity index (χ2v) is 6.17. The zero-order valence-electron chi connectivity index (χ0n) is 14.4. The first kappa shape index (κ1) is 17.4. The third-order valence-corrected chi connectivity index (χ3v) is 4.55. The molecule has 1 nitrogen and oxygen atoms in total. The van der Waals surface area contributed by atoms with Gasteiger partial charge in [0.2, 0.25) is 0 Å². The van der Waals surface area contributed by atoms with Gasteiger partial charge in [-0.1, -0.05) is 43.4 Å². The largest absolute Gasteiger partial charge is 0.494 e. The minimum absolute atomic E-state index is 0.701. The van der Waals surface area contributed by atoms with Crippen LogP contribution in [0.2, 0.25) is 0 Å². The summed E-state index contributed by atoms with van der Waals surface area (Å²) in [6.45, 7) is 5.00. The molecule has 0 amide bonds. The van der Waals surface area contributed by atoms with Crippen LogP contribution >= 0.6 is 0 Å². The predicted molar refractivity (Wildman–Crippen MR) is 99.3 cm³/mol. The molecule has 122 valence electrons. The Morgan fingerprint density at radius 3 is 2.35 bits per heavy atom. The highest BCUT2D eigenvalue weighted by atomic mass is 16.5. The van der Waals surface area contributed by atoms with Crippen molar-refractivity contribution < 1.29 is 4.74 Å². The summed E-state index contributed by atoms with van der Waals surface area (Å²) in [6, 6.07) is 8.07. The van der Waals surface area contributed by atoms with Crippen LogP contribution in [0.4, 0.5) is 0 Å². The van der Waals surface area contributed by atoms with Crippen molar-refractivity contribution in [3.63, 3.8) is 0 Å². The molecule has 0 radical (unpaired) electrons. The van der Waals surface area contributed by atoms with Crippen LogP contribution < -0.4 is 4.74 Å². The molecule has 0 aromatic heterocycles. The maximum Gasteiger partial charge on any atom is 0.119 e. The summed E-state index contributed by atoms with van der Waals surface area (Å²) in [5, 5.41) is 0. The third kappa shape index (κ3) is 6.37. The molecule has 0 N–H and O–H groups in total. The highest BCUT2D eigenvalue weighted by Crippen LogP contribution is 2.31. The maximum atomic E-state index is 5.43. The van der Waals surface area contributed by atoms with E-state index in [4.69, 9.17) is 4.74 Å². The Morgan fingerprint density at radius 2 is 1.70 bits per heavy atom. The zero-order valence-corrected chi connectivity index (χ0v) is 14.4. The van der Waals surface area contributed by atoms with E-state index in [2.05, 4.69) is 24.8 Å². The molecule has 1 heteroatoms. The van der Waals surface area contributed by atoms with E-state index in [1.165, 1.54) is 32.1 Å². The van der Waals surface area contributed by atoms with E-state index >= 15 is 0 Å². The first-order valence-electron chi connectivity index (χ1n) is 8.89. The quantitative estimate of drug-likeness (QED) is 0.618. The van der Waals surface area contributed by atoms with Crippen molar-refractivity contribution in [2.75, 3.05) is 6.61 Å². The molecule has 1 saturated carbocycles. The number of hydrogen-bond acceptors (Lipinski definition) is 1. The number of benzene rings is 1. The van der Waals surface area contributed by atoms with Crippen LogP contribution in [-0.4, -0.2) is 6.61 Å². The number of ether oxygens (including phenoxy) is 1. The Bertz CT molecular complexity index is 560. The van der Waals surface area contributed by atoms with Gasteiger partial charge in [-0.2, -0.15) is 0 Å². The second kappa shape index (κ2) is 9.95. The molecular formula is C22H28O. The summed E-state index contributed by atoms with van der Waals surface area (Å²) in [5.41, 5.74) is 1.14. The summed E-state index contributed by atoms with van der Waals surface area (Å²) in [4.78, 5) is 0. The first-order chi connectivity index (χ1) is 11.3. The maximum absolute atomic E-state index is 5.43. The molecule has 0 heterocycles. The van der Waals surface area contributed by atoms with Crippen molar-refractivity contribution in [2.24, 2.45) is 11.8 Å². The van der Waals surface area contributed by atoms with Gasteiger partial charge in [-0.25, -0.2) is 0 Å². The predicted octanol–water partition coefficient (Wildman–Crippen LogP) is 5.87. The fraction of sp³-hybridized carbons (Fsp3) is 0.455. The summed E-state index contributed by atoms with van der Waals surface area (Å²) < 4.78 is 5.43. The van der Waals surface area contributed by atoms with E-state index in [1.54, 1.807) is 0 Å². The van der Waals surface area contributed by atoms with Gasteiger partial charge in [-0.05, 0) is 80.4 Å². The lowest BCUT2D eigenvalue weighted by atomic mass is 9.81. The van der Waals surface area contributed by atoms with Crippen LogP contribution in [0.15, 0.2) is 42.5 Å². The average molecular weight is 308 g/mol. The van der Waals surface area contributed by atoms with Gasteiger partial charge < -0.3 is 4.74 Å². The molecule has 1 aliphatic carbocycles. The van der Waals surface area contributed by atoms with E-state index in [0.717, 1.165) is 23.1 Å². The van der Waals surface area contributed by atoms with Crippen molar-refractivity contribution in [1.29, 1.82) is 0 Å². The Balaban J connectivity index is 1.75. The Hall–Kier alpha value is -1.94. The lowest BCUT2D eigenvalue weighted by Crippen LogP contribution is -2.11. The van der Waals surface area contributed by atoms with Crippen LogP contribution in [-0.2, 0) is 0 Å². The van der Waals surface area contributed by atoms with Crippen molar-refractivity contribution in [3.05, 3.63) is 48.1 Å². The fourth-order valence-electron chi connectivity index (χ4n) is 3.05. The van der Waals surface area contributed by atoms with Gasteiger partial charge in [-0.15, -0.1) is 0 Å². The third-order valence-electron chi connectivity index (χ3n) is 4.55. The Kier molecular flexibility index (Phi) is 7.54. The molecule has 0 atom stereocenters. The Morgan fingerprint density at radius 1 is 1.00 bits per heavy atom. The fourth-order valence-corrected chi connectivity index (χ4v) is 3.05. The average Bonchev–Trinajstić information content (AvgIpc) is 2.60. The minimum atomic E-state index is 0.701. The van der Waals surface area contributed by atoms with Gasteiger partial charge in [0, 0.05) is 0 Å². The highest BCUT2D eigenvalue weighted by Gasteiger charge is 2.17. The molecule has 1 fully saturated rings. The molecule has 1 aliphatic rings. The van der Waals surface area contributed by atoms with Gasteiger partial charge in [0.15, 0.2) is 0 Å². The molecule has 1 aromatic carbocycles. The lowest BCUT2D eigenvalue weighted by molar-refractivity contribution is 0.304. The molecule has 0 bridgehead atoms. The van der Waals surface area contributed by atoms with Crippen molar-refractivity contribution in [2.45, 2.75) is 46.0 Å². The monoisotopic (exact) mass is 308 g/mol. The second-order valence-electron chi connectivity index (χ2n) is 6.17. The summed E-state index contributed by atoms with van der Waals surface area (Å²) >= 11 is 0. The van der Waals surface area contributed by atoms with Crippen LogP contribution in [0.25, 0.3) is 6.08 Å². The molecule has 0 saturated heterocycles. The van der Waals surface area contributed by atoms with Gasteiger partial charge >= 0.3 is 0 Å². The molecule has 0 unspecified atom stereocenters. The molecule has 1 aromatic rings. The van der Waals surface area contributed by atoms with Crippen LogP contribution in [0.3, 0.4) is 0 Å². The van der Waals surface area contributed by atoms with E-state index < -0.39 is 0 Å². The molecule has 23 heavy (non-hydrogen) atoms. The highest BCUT2D eigenvalue weighted by molar-refractivity contribution is 5.54. The van der Waals surface area contributed by atoms with Gasteiger partial charge in [0.1, 0.15) is 5.75 Å². The molecule has 2 rings (SSSR count). The molecular weight excluding hydrogens is 280 g/mol. The number of rotatable bonds is 5. The zero-order chi connectivity index (χ0) is 16.3. The SMILES string of the molecule is CCOc1ccc(C=CC#CC=C[C@H]2CC[C@H](CC)CC2)cc1. The summed E-state index contributed by atoms with van der Waals surface area (Å²) in [7, 11) is 0. The lowest BCUT2D eigenvalue weighted by Gasteiger charge is -2.25. The first-order valence-corrected chi connectivity index (χ1v) is 8.89. The van der Waals surface area contributed by atoms with Crippen LogP contribution in [0.1, 0.15) is 51.5 Å². The van der Waals surface area contributed by atoms with Crippen molar-refractivity contribution in [1.82, 2.24) is 0 Å². The molecule has 0 spiro atoms. The van der Waals surface area contributed by atoms with Crippen LogP contribution in [0.5, 0.6) is 5.75 Å². The topological polar surface area (TPSA) is 9.23 Å². The standard InChI is InChI=1S/C22H28O/c1-3-19-11-13-20(14-12-19)9-7-5-6-8-10-21-15-17-22(18-16-21)23-4-2/h7-10,15-20H,3-4,11-14H2,1-2H3/t19-,20-.